The molecule has 5 heteroatoms. The molecule has 0 N–H and O–H groups in total. The number of nitrogens with zero attached hydrogens (tertiary/aromatic N) is 4. The lowest BCUT2D eigenvalue weighted by molar-refractivity contribution is 0.112. The van der Waals surface area contributed by atoms with Crippen LogP contribution in [0.1, 0.15) is 16.1 Å². The summed E-state index contributed by atoms with van der Waals surface area (Å²) in [5.74, 6) is 0.609. The van der Waals surface area contributed by atoms with E-state index in [4.69, 9.17) is 0 Å². The van der Waals surface area contributed by atoms with Crippen molar-refractivity contribution in [1.82, 2.24) is 20.0 Å². The fourth-order valence-electron chi connectivity index (χ4n) is 1.18. The Morgan fingerprint density at radius 3 is 2.93 bits per heavy atom. The molecule has 0 fully saturated rings. The van der Waals surface area contributed by atoms with Gasteiger partial charge in [-0.15, -0.1) is 5.10 Å². The Kier molecular flexibility index (Phi) is 2.06. The van der Waals surface area contributed by atoms with Gasteiger partial charge in [-0.1, -0.05) is 0 Å². The summed E-state index contributed by atoms with van der Waals surface area (Å²) >= 11 is 0. The second kappa shape index (κ2) is 3.37. The van der Waals surface area contributed by atoms with E-state index in [2.05, 4.69) is 15.3 Å². The Bertz CT molecular complexity index is 449. The van der Waals surface area contributed by atoms with Crippen molar-refractivity contribution in [2.45, 2.75) is 6.92 Å². The fourth-order valence-corrected chi connectivity index (χ4v) is 1.18. The van der Waals surface area contributed by atoms with Gasteiger partial charge in [-0.25, -0.2) is 4.68 Å². The van der Waals surface area contributed by atoms with E-state index in [0.717, 1.165) is 12.0 Å². The van der Waals surface area contributed by atoms with Crippen molar-refractivity contribution >= 4 is 6.29 Å². The van der Waals surface area contributed by atoms with E-state index in [-0.39, 0.29) is 0 Å². The van der Waals surface area contributed by atoms with Gasteiger partial charge in [0.1, 0.15) is 0 Å². The molecule has 0 saturated carbocycles. The predicted octanol–water partition coefficient (Wildman–Crippen LogP) is 0.783. The lowest BCUT2D eigenvalue weighted by atomic mass is 10.3. The van der Waals surface area contributed by atoms with Crippen molar-refractivity contribution in [1.29, 1.82) is 0 Å². The highest BCUT2D eigenvalue weighted by Gasteiger charge is 2.07. The Labute approximate surface area is 80.4 Å². The maximum Gasteiger partial charge on any atom is 0.175 e. The fraction of sp³-hybridized carbons (Fsp3) is 0.111. The Morgan fingerprint density at radius 2 is 2.36 bits per heavy atom. The largest absolute Gasteiger partial charge is 0.298 e. The zero-order valence-electron chi connectivity index (χ0n) is 7.58. The maximum atomic E-state index is 10.6. The predicted molar refractivity (Wildman–Crippen MR) is 49.3 cm³/mol. The van der Waals surface area contributed by atoms with Crippen LogP contribution in [-0.4, -0.2) is 26.3 Å². The molecule has 2 aromatic heterocycles. The summed E-state index contributed by atoms with van der Waals surface area (Å²) in [5.41, 5.74) is 1.33. The minimum Gasteiger partial charge on any atom is -0.298 e. The zero-order chi connectivity index (χ0) is 9.97. The molecule has 0 amide bonds. The van der Waals surface area contributed by atoms with Gasteiger partial charge in [0.05, 0.1) is 17.5 Å². The van der Waals surface area contributed by atoms with Gasteiger partial charge in [-0.3, -0.25) is 4.79 Å². The van der Waals surface area contributed by atoms with Gasteiger partial charge < -0.3 is 0 Å². The molecule has 0 aliphatic heterocycles. The van der Waals surface area contributed by atoms with Crippen molar-refractivity contribution in [3.05, 3.63) is 35.8 Å². The van der Waals surface area contributed by atoms with E-state index < -0.39 is 0 Å². The third-order valence-electron chi connectivity index (χ3n) is 1.95. The molecular weight excluding hydrogens is 180 g/mol. The number of carbonyl (C=O) groups is 1. The molecule has 0 spiro atoms. The summed E-state index contributed by atoms with van der Waals surface area (Å²) in [5, 5.41) is 11.7. The normalized spacial score (nSPS) is 10.1. The first-order chi connectivity index (χ1) is 6.83. The molecule has 2 aromatic rings. The molecule has 0 aliphatic carbocycles. The molecule has 2 heterocycles. The monoisotopic (exact) mass is 188 g/mol. The highest BCUT2D eigenvalue weighted by Crippen LogP contribution is 2.08. The molecule has 0 unspecified atom stereocenters. The average molecular weight is 188 g/mol. The van der Waals surface area contributed by atoms with Gasteiger partial charge in [0, 0.05) is 6.20 Å². The molecule has 0 aromatic carbocycles. The quantitative estimate of drug-likeness (QED) is 0.653. The molecule has 14 heavy (non-hydrogen) atoms. The molecule has 0 radical (unpaired) electrons. The van der Waals surface area contributed by atoms with E-state index in [1.165, 1.54) is 6.20 Å². The van der Waals surface area contributed by atoms with Gasteiger partial charge in [0.25, 0.3) is 0 Å². The zero-order valence-corrected chi connectivity index (χ0v) is 7.58. The molecule has 0 saturated heterocycles. The summed E-state index contributed by atoms with van der Waals surface area (Å²) in [6, 6.07) is 3.55. The van der Waals surface area contributed by atoms with Gasteiger partial charge >= 0.3 is 0 Å². The van der Waals surface area contributed by atoms with Crippen LogP contribution in [0.5, 0.6) is 0 Å². The second-order valence-electron chi connectivity index (χ2n) is 2.80. The number of aldehydes is 1. The SMILES string of the molecule is Cc1c(C=O)cnn1-c1cccnn1. The molecule has 0 aliphatic rings. The van der Waals surface area contributed by atoms with Crippen molar-refractivity contribution in [2.75, 3.05) is 0 Å². The van der Waals surface area contributed by atoms with Gasteiger partial charge in [0.2, 0.25) is 0 Å². The minimum absolute atomic E-state index is 0.565. The molecular formula is C9H8N4O. The van der Waals surface area contributed by atoms with Crippen LogP contribution in [-0.2, 0) is 0 Å². The smallest absolute Gasteiger partial charge is 0.175 e. The van der Waals surface area contributed by atoms with Gasteiger partial charge in [-0.05, 0) is 19.1 Å². The number of hydrogen-bond acceptors (Lipinski definition) is 4. The first-order valence-electron chi connectivity index (χ1n) is 4.11. The third-order valence-corrected chi connectivity index (χ3v) is 1.95. The lowest BCUT2D eigenvalue weighted by Gasteiger charge is -2.00. The molecule has 0 bridgehead atoms. The van der Waals surface area contributed by atoms with E-state index in [1.54, 1.807) is 23.0 Å². The van der Waals surface area contributed by atoms with Crippen molar-refractivity contribution in [2.24, 2.45) is 0 Å². The third kappa shape index (κ3) is 1.28. The number of rotatable bonds is 2. The van der Waals surface area contributed by atoms with E-state index >= 15 is 0 Å². The van der Waals surface area contributed by atoms with Crippen molar-refractivity contribution in [3.63, 3.8) is 0 Å². The number of hydrogen-bond donors (Lipinski definition) is 0. The number of aromatic nitrogens is 4. The lowest BCUT2D eigenvalue weighted by Crippen LogP contribution is -2.02. The van der Waals surface area contributed by atoms with Crippen LogP contribution in [0.2, 0.25) is 0 Å². The van der Waals surface area contributed by atoms with Crippen molar-refractivity contribution in [3.8, 4) is 5.82 Å². The molecule has 0 atom stereocenters. The Hall–Kier alpha value is -2.04. The highest BCUT2D eigenvalue weighted by molar-refractivity contribution is 5.76. The molecule has 2 rings (SSSR count). The summed E-state index contributed by atoms with van der Waals surface area (Å²) in [4.78, 5) is 10.6. The van der Waals surface area contributed by atoms with Crippen LogP contribution in [0, 0.1) is 6.92 Å². The van der Waals surface area contributed by atoms with E-state index in [9.17, 15) is 4.79 Å². The van der Waals surface area contributed by atoms with Gasteiger partial charge in [0.15, 0.2) is 12.1 Å². The molecule has 70 valence electrons. The van der Waals surface area contributed by atoms with E-state index in [1.807, 2.05) is 6.92 Å². The van der Waals surface area contributed by atoms with Crippen LogP contribution in [0.15, 0.2) is 24.5 Å². The number of carbonyl (C=O) groups excluding carboxylic acids is 1. The summed E-state index contributed by atoms with van der Waals surface area (Å²) < 4.78 is 1.58. The molecule has 5 nitrogen and oxygen atoms in total. The standard InChI is InChI=1S/C9H8N4O/c1-7-8(6-14)5-11-13(7)9-3-2-4-10-12-9/h2-6H,1H3. The topological polar surface area (TPSA) is 60.7 Å². The van der Waals surface area contributed by atoms with Crippen LogP contribution in [0.3, 0.4) is 0 Å². The second-order valence-corrected chi connectivity index (χ2v) is 2.80. The van der Waals surface area contributed by atoms with Crippen LogP contribution >= 0.6 is 0 Å². The van der Waals surface area contributed by atoms with Crippen LogP contribution in [0.25, 0.3) is 5.82 Å². The average Bonchev–Trinajstić information content (AvgIpc) is 2.61. The Balaban J connectivity index is 2.53. The van der Waals surface area contributed by atoms with E-state index in [0.29, 0.717) is 11.4 Å². The summed E-state index contributed by atoms with van der Waals surface area (Å²) in [6.07, 6.45) is 3.87. The van der Waals surface area contributed by atoms with Gasteiger partial charge in [-0.2, -0.15) is 10.2 Å². The van der Waals surface area contributed by atoms with Crippen LogP contribution < -0.4 is 0 Å². The summed E-state index contributed by atoms with van der Waals surface area (Å²) in [7, 11) is 0. The Morgan fingerprint density at radius 1 is 1.50 bits per heavy atom. The summed E-state index contributed by atoms with van der Waals surface area (Å²) in [6.45, 7) is 1.81. The highest BCUT2D eigenvalue weighted by atomic mass is 16.1. The maximum absolute atomic E-state index is 10.6. The first kappa shape index (κ1) is 8.55. The minimum atomic E-state index is 0.565. The van der Waals surface area contributed by atoms with Crippen LogP contribution in [0.4, 0.5) is 0 Å². The first-order valence-corrected chi connectivity index (χ1v) is 4.11. The van der Waals surface area contributed by atoms with Crippen molar-refractivity contribution < 1.29 is 4.79 Å².